The van der Waals surface area contributed by atoms with Crippen molar-refractivity contribution in [3.05, 3.63) is 236 Å². The Bertz CT molecular complexity index is 3020. The van der Waals surface area contributed by atoms with Gasteiger partial charge in [-0.3, -0.25) is 14.4 Å². The van der Waals surface area contributed by atoms with Gasteiger partial charge in [0.25, 0.3) is 17.7 Å². The molecule has 0 radical (unpaired) electrons. The van der Waals surface area contributed by atoms with Crippen LogP contribution in [-0.4, -0.2) is 27.7 Å². The van der Waals surface area contributed by atoms with Crippen LogP contribution in [0.15, 0.2) is 202 Å². The molecule has 0 bridgehead atoms. The van der Waals surface area contributed by atoms with Crippen molar-refractivity contribution in [3.8, 4) is 18.2 Å². The lowest BCUT2D eigenvalue weighted by molar-refractivity contribution is -0.118. The zero-order chi connectivity index (χ0) is 50.9. The van der Waals surface area contributed by atoms with Crippen LogP contribution in [0.3, 0.4) is 0 Å². The Morgan fingerprint density at radius 2 is 1.05 bits per heavy atom. The van der Waals surface area contributed by atoms with E-state index in [-0.39, 0.29) is 67.6 Å². The topological polar surface area (TPSA) is 184 Å². The number of hydrogen-bond donors (Lipinski definition) is 3. The van der Waals surface area contributed by atoms with E-state index in [0.717, 1.165) is 54.4 Å². The van der Waals surface area contributed by atoms with E-state index in [1.165, 1.54) is 12.2 Å². The van der Waals surface area contributed by atoms with Crippen LogP contribution >= 0.6 is 58.9 Å². The maximum Gasteiger partial charge on any atom is 0.262 e. The van der Waals surface area contributed by atoms with Gasteiger partial charge in [0, 0.05) is 6.54 Å². The highest BCUT2D eigenvalue weighted by Crippen LogP contribution is 2.41. The minimum absolute atomic E-state index is 0. The second-order valence-corrected chi connectivity index (χ2v) is 18.5. The van der Waals surface area contributed by atoms with Crippen molar-refractivity contribution in [2.45, 2.75) is 57.2 Å². The lowest BCUT2D eigenvalue weighted by atomic mass is 9.92. The summed E-state index contributed by atoms with van der Waals surface area (Å²) in [4.78, 5) is 45.8. The van der Waals surface area contributed by atoms with Crippen LogP contribution in [0.4, 0.5) is 0 Å². The molecule has 2 aliphatic carbocycles. The molecule has 3 amide bonds. The summed E-state index contributed by atoms with van der Waals surface area (Å²) in [5.74, 6) is -0.322. The van der Waals surface area contributed by atoms with Crippen LogP contribution in [0.5, 0.6) is 0 Å². The van der Waals surface area contributed by atoms with Gasteiger partial charge in [-0.15, -0.1) is 0 Å². The van der Waals surface area contributed by atoms with Gasteiger partial charge in [-0.1, -0.05) is 152 Å². The normalized spacial score (nSPS) is 14.5. The smallest absolute Gasteiger partial charge is 0.262 e. The van der Waals surface area contributed by atoms with Crippen LogP contribution in [-0.2, 0) is 27.3 Å². The van der Waals surface area contributed by atoms with Crippen molar-refractivity contribution in [3.63, 3.8) is 0 Å². The van der Waals surface area contributed by atoms with Gasteiger partial charge in [0.1, 0.15) is 44.1 Å². The number of allylic oxidation sites excluding steroid dienone is 3. The maximum absolute atomic E-state index is 12.8. The second-order valence-electron chi connectivity index (χ2n) is 16.8. The van der Waals surface area contributed by atoms with Gasteiger partial charge < -0.3 is 16.0 Å². The summed E-state index contributed by atoms with van der Waals surface area (Å²) < 4.78 is 1.30. The third kappa shape index (κ3) is 19.9. The molecule has 2 heterocycles. The first-order valence-corrected chi connectivity index (χ1v) is 25.0. The lowest BCUT2D eigenvalue weighted by Gasteiger charge is -2.19. The molecule has 8 rings (SSSR count). The first-order chi connectivity index (χ1) is 35.1. The summed E-state index contributed by atoms with van der Waals surface area (Å²) in [7, 11) is 0. The first kappa shape index (κ1) is 59.2. The fourth-order valence-corrected chi connectivity index (χ4v) is 8.36. The fraction of sp³-hybridized carbons (Fsp3) is 0.186. The quantitative estimate of drug-likeness (QED) is 0.0392. The number of amides is 3. The van der Waals surface area contributed by atoms with Crippen molar-refractivity contribution >= 4 is 88.7 Å². The van der Waals surface area contributed by atoms with Crippen molar-refractivity contribution in [2.24, 2.45) is 11.8 Å². The summed E-state index contributed by atoms with van der Waals surface area (Å²) in [6, 6.07) is 55.6. The van der Waals surface area contributed by atoms with E-state index >= 15 is 0 Å². The number of benzene rings is 4. The summed E-state index contributed by atoms with van der Waals surface area (Å²) in [5.41, 5.74) is 5.59. The van der Waals surface area contributed by atoms with E-state index in [2.05, 4.69) is 69.9 Å². The van der Waals surface area contributed by atoms with Crippen LogP contribution in [0.25, 0.3) is 12.2 Å². The SMILES string of the molecule is N#C/C(=C\C1CC=CCC1)C(=O)NCc1ccccc1.N#C/C(=C\c1cccc(Br)n1)C(=O)N[C@@H](Cc1ccccc1)c1ccccc1.N#C/C(=C\c1cccc(Br)n1)C(=O)N[C@H](c1ccccc1)C1CC1.S.S. The van der Waals surface area contributed by atoms with Gasteiger partial charge >= 0.3 is 0 Å². The number of aromatic nitrogens is 2. The molecule has 2 aromatic heterocycles. The average molecular weight is 1150 g/mol. The Balaban J connectivity index is 0.000000240. The molecule has 15 heteroatoms. The zero-order valence-electron chi connectivity index (χ0n) is 40.4. The van der Waals surface area contributed by atoms with Crippen molar-refractivity contribution in [1.82, 2.24) is 25.9 Å². The molecule has 3 N–H and O–H groups in total. The van der Waals surface area contributed by atoms with Gasteiger partial charge in [0.15, 0.2) is 0 Å². The number of pyridine rings is 2. The van der Waals surface area contributed by atoms with E-state index in [1.807, 2.05) is 152 Å². The Morgan fingerprint density at radius 1 is 0.568 bits per heavy atom. The molecule has 0 aliphatic heterocycles. The van der Waals surface area contributed by atoms with Crippen LogP contribution in [0.1, 0.15) is 77.8 Å². The Morgan fingerprint density at radius 3 is 1.53 bits per heavy atom. The van der Waals surface area contributed by atoms with Crippen LogP contribution < -0.4 is 16.0 Å². The number of carbonyl (C=O) groups excluding carboxylic acids is 3. The average Bonchev–Trinajstić information content (AvgIpc) is 4.27. The summed E-state index contributed by atoms with van der Waals surface area (Å²) in [5, 5.41) is 36.8. The molecule has 4 aromatic carbocycles. The maximum atomic E-state index is 12.8. The van der Waals surface area contributed by atoms with Crippen molar-refractivity contribution < 1.29 is 14.4 Å². The zero-order valence-corrected chi connectivity index (χ0v) is 45.5. The van der Waals surface area contributed by atoms with Gasteiger partial charge in [-0.05, 0) is 141 Å². The van der Waals surface area contributed by atoms with Crippen LogP contribution in [0, 0.1) is 45.8 Å². The van der Waals surface area contributed by atoms with Crippen molar-refractivity contribution in [1.29, 1.82) is 15.8 Å². The monoisotopic (exact) mass is 1150 g/mol. The highest BCUT2D eigenvalue weighted by Gasteiger charge is 2.34. The Kier molecular flexibility index (Phi) is 25.6. The highest BCUT2D eigenvalue weighted by molar-refractivity contribution is 9.10. The van der Waals surface area contributed by atoms with Gasteiger partial charge in [0.05, 0.1) is 23.5 Å². The first-order valence-electron chi connectivity index (χ1n) is 23.5. The molecular weight excluding hydrogens is 1090 g/mol. The number of halogens is 2. The van der Waals surface area contributed by atoms with Gasteiger partial charge in [0.2, 0.25) is 0 Å². The molecule has 1 saturated carbocycles. The van der Waals surface area contributed by atoms with E-state index < -0.39 is 5.91 Å². The standard InChI is InChI=1S/C23H18BrN3O.C19H16BrN3O.C17H18N2O.2H2S/c24-22-13-7-12-20(26-22)15-19(16-25)23(28)27-21(18-10-5-2-6-11-18)14-17-8-3-1-4-9-17;20-17-8-4-7-16(22-17)11-15(12-21)19(24)23-18(14-9-10-14)13-5-2-1-3-6-13;18-12-16(11-14-7-3-1-4-8-14)17(20)19-13-15-9-5-2-6-10-15;;/h1-13,15,21H,14H2,(H,27,28);1-8,11,14,18H,9-10H2,(H,23,24);1-3,5-6,9-11,14H,4,7-8,13H2,(H,19,20);2*1H2/b19-15+;15-11+;16-11+;;/t21-;18-;;;/m01.../s1. The van der Waals surface area contributed by atoms with E-state index in [9.17, 15) is 24.9 Å². The van der Waals surface area contributed by atoms with Gasteiger partial charge in [-0.25, -0.2) is 9.97 Å². The number of carbonyl (C=O) groups is 3. The van der Waals surface area contributed by atoms with E-state index in [0.29, 0.717) is 45.4 Å². The molecule has 1 fully saturated rings. The molecule has 74 heavy (non-hydrogen) atoms. The Hall–Kier alpha value is -7.32. The number of nitrogens with one attached hydrogen (secondary N) is 3. The predicted molar refractivity (Wildman–Crippen MR) is 308 cm³/mol. The number of nitrogens with zero attached hydrogens (tertiary/aromatic N) is 5. The summed E-state index contributed by atoms with van der Waals surface area (Å²) in [6.45, 7) is 0.448. The van der Waals surface area contributed by atoms with E-state index in [4.69, 9.17) is 5.26 Å². The molecule has 1 unspecified atom stereocenters. The predicted octanol–water partition coefficient (Wildman–Crippen LogP) is 12.2. The molecule has 0 saturated heterocycles. The minimum atomic E-state index is -0.422. The molecule has 11 nitrogen and oxygen atoms in total. The molecule has 2 aliphatic rings. The fourth-order valence-electron chi connectivity index (χ4n) is 7.65. The third-order valence-electron chi connectivity index (χ3n) is 11.5. The molecule has 6 aromatic rings. The largest absolute Gasteiger partial charge is 0.347 e. The number of rotatable bonds is 15. The molecule has 3 atom stereocenters. The molecular formula is C59H56Br2N8O3S2. The van der Waals surface area contributed by atoms with Crippen LogP contribution in [0.2, 0.25) is 0 Å². The molecule has 0 spiro atoms. The minimum Gasteiger partial charge on any atom is -0.347 e. The third-order valence-corrected chi connectivity index (χ3v) is 12.4. The highest BCUT2D eigenvalue weighted by atomic mass is 79.9. The second kappa shape index (κ2) is 32.0. The molecule has 376 valence electrons. The van der Waals surface area contributed by atoms with Gasteiger partial charge in [-0.2, -0.15) is 42.8 Å². The summed E-state index contributed by atoms with van der Waals surface area (Å²) in [6.07, 6.45) is 14.8. The Labute approximate surface area is 464 Å². The van der Waals surface area contributed by atoms with E-state index in [1.54, 1.807) is 30.3 Å². The lowest BCUT2D eigenvalue weighted by Crippen LogP contribution is -2.30. The van der Waals surface area contributed by atoms with Crippen molar-refractivity contribution in [2.75, 3.05) is 0 Å². The number of nitriles is 3. The summed E-state index contributed by atoms with van der Waals surface area (Å²) >= 11 is 6.58. The number of hydrogen-bond acceptors (Lipinski definition) is 8.